The van der Waals surface area contributed by atoms with E-state index in [9.17, 15) is 0 Å². The molecule has 17 heavy (non-hydrogen) atoms. The van der Waals surface area contributed by atoms with Crippen LogP contribution in [0.1, 0.15) is 11.6 Å². The zero-order chi connectivity index (χ0) is 11.7. The van der Waals surface area contributed by atoms with Gasteiger partial charge in [0.1, 0.15) is 11.9 Å². The van der Waals surface area contributed by atoms with Crippen LogP contribution in [-0.4, -0.2) is 16.8 Å². The van der Waals surface area contributed by atoms with Crippen molar-refractivity contribution in [2.24, 2.45) is 4.99 Å². The van der Waals surface area contributed by atoms with Gasteiger partial charge in [0.2, 0.25) is 0 Å². The van der Waals surface area contributed by atoms with Gasteiger partial charge in [-0.05, 0) is 17.7 Å². The molecule has 1 aromatic carbocycles. The molecule has 0 aliphatic carbocycles. The normalized spacial score (nSPS) is 25.6. The number of nitrogens with zero attached hydrogens (tertiary/aromatic N) is 2. The first-order chi connectivity index (χ1) is 8.40. The molecule has 2 nitrogen and oxygen atoms in total. The highest BCUT2D eigenvalue weighted by atomic mass is 15.3. The summed E-state index contributed by atoms with van der Waals surface area (Å²) in [5.74, 6) is 1.02. The summed E-state index contributed by atoms with van der Waals surface area (Å²) in [6.45, 7) is 3.94. The van der Waals surface area contributed by atoms with Crippen LogP contribution in [0.15, 0.2) is 72.4 Å². The average molecular weight is 222 g/mol. The lowest BCUT2D eigenvalue weighted by atomic mass is 10.0. The summed E-state index contributed by atoms with van der Waals surface area (Å²) < 4.78 is 0. The van der Waals surface area contributed by atoms with E-state index in [1.54, 1.807) is 0 Å². The second kappa shape index (κ2) is 4.06. The zero-order valence-corrected chi connectivity index (χ0v) is 9.53. The molecule has 0 radical (unpaired) electrons. The fraction of sp³-hybridized carbons (Fsp3) is 0.133. The number of aliphatic imine (C=N–C) groups is 1. The maximum atomic E-state index is 4.77. The molecular weight excluding hydrogens is 208 g/mol. The summed E-state index contributed by atoms with van der Waals surface area (Å²) in [7, 11) is 0. The Bertz CT molecular complexity index is 511. The molecule has 0 saturated heterocycles. The Kier molecular flexibility index (Phi) is 2.41. The highest BCUT2D eigenvalue weighted by molar-refractivity contribution is 5.97. The van der Waals surface area contributed by atoms with Crippen LogP contribution in [-0.2, 0) is 0 Å². The lowest BCUT2D eigenvalue weighted by Crippen LogP contribution is -2.31. The molecule has 0 aromatic heterocycles. The van der Waals surface area contributed by atoms with E-state index in [0.29, 0.717) is 0 Å². The van der Waals surface area contributed by atoms with Gasteiger partial charge in [0, 0.05) is 6.20 Å². The van der Waals surface area contributed by atoms with Crippen molar-refractivity contribution in [2.45, 2.75) is 12.1 Å². The molecule has 0 amide bonds. The summed E-state index contributed by atoms with van der Waals surface area (Å²) in [6, 6.07) is 10.7. The Hall–Kier alpha value is -2.09. The van der Waals surface area contributed by atoms with Crippen molar-refractivity contribution in [1.29, 1.82) is 0 Å². The Balaban J connectivity index is 2.01. The fourth-order valence-corrected chi connectivity index (χ4v) is 2.34. The molecule has 2 aliphatic rings. The lowest BCUT2D eigenvalue weighted by molar-refractivity contribution is 0.453. The molecule has 0 spiro atoms. The molecule has 3 rings (SSSR count). The summed E-state index contributed by atoms with van der Waals surface area (Å²) in [4.78, 5) is 6.94. The van der Waals surface area contributed by atoms with Crippen molar-refractivity contribution < 1.29 is 0 Å². The minimum Gasteiger partial charge on any atom is -0.324 e. The van der Waals surface area contributed by atoms with E-state index in [0.717, 1.165) is 5.84 Å². The molecule has 0 N–H and O–H groups in total. The van der Waals surface area contributed by atoms with Gasteiger partial charge >= 0.3 is 0 Å². The van der Waals surface area contributed by atoms with Crippen molar-refractivity contribution in [3.63, 3.8) is 0 Å². The van der Waals surface area contributed by atoms with Gasteiger partial charge in [-0.25, -0.2) is 0 Å². The maximum absolute atomic E-state index is 4.77. The lowest BCUT2D eigenvalue weighted by Gasteiger charge is -2.25. The predicted molar refractivity (Wildman–Crippen MR) is 70.7 cm³/mol. The first-order valence-corrected chi connectivity index (χ1v) is 5.78. The van der Waals surface area contributed by atoms with E-state index in [1.165, 1.54) is 5.56 Å². The molecule has 0 saturated carbocycles. The second-order valence-electron chi connectivity index (χ2n) is 4.18. The smallest absolute Gasteiger partial charge is 0.128 e. The standard InChI is InChI=1S/C15H14N2/c1-2-13-15(12-8-4-3-5-9-12)16-14-10-6-7-11-17(13)14/h2-11,13,15H,1H2/t13-,15+/m1/s1. The first-order valence-electron chi connectivity index (χ1n) is 5.78. The number of allylic oxidation sites excluding steroid dienone is 2. The van der Waals surface area contributed by atoms with Crippen molar-refractivity contribution in [2.75, 3.05) is 0 Å². The molecule has 1 aromatic rings. The Morgan fingerprint density at radius 2 is 2.00 bits per heavy atom. The number of benzene rings is 1. The van der Waals surface area contributed by atoms with Gasteiger partial charge < -0.3 is 4.90 Å². The number of hydrogen-bond donors (Lipinski definition) is 0. The highest BCUT2D eigenvalue weighted by Crippen LogP contribution is 2.33. The molecule has 2 heteroatoms. The minimum atomic E-state index is 0.149. The number of hydrogen-bond acceptors (Lipinski definition) is 2. The Morgan fingerprint density at radius 1 is 1.18 bits per heavy atom. The van der Waals surface area contributed by atoms with Crippen LogP contribution in [0.5, 0.6) is 0 Å². The van der Waals surface area contributed by atoms with Crippen LogP contribution in [0.4, 0.5) is 0 Å². The van der Waals surface area contributed by atoms with Gasteiger partial charge in [-0.15, -0.1) is 6.58 Å². The minimum absolute atomic E-state index is 0.149. The van der Waals surface area contributed by atoms with E-state index < -0.39 is 0 Å². The van der Waals surface area contributed by atoms with Crippen LogP contribution in [0, 0.1) is 0 Å². The summed E-state index contributed by atoms with van der Waals surface area (Å²) in [5.41, 5.74) is 1.24. The van der Waals surface area contributed by atoms with E-state index in [2.05, 4.69) is 41.9 Å². The van der Waals surface area contributed by atoms with Gasteiger partial charge in [-0.2, -0.15) is 0 Å². The van der Waals surface area contributed by atoms with Gasteiger partial charge in [-0.3, -0.25) is 4.99 Å². The summed E-state index contributed by atoms with van der Waals surface area (Å²) in [5, 5.41) is 0. The third-order valence-electron chi connectivity index (χ3n) is 3.17. The molecule has 84 valence electrons. The molecule has 2 aliphatic heterocycles. The van der Waals surface area contributed by atoms with E-state index in [4.69, 9.17) is 4.99 Å². The highest BCUT2D eigenvalue weighted by Gasteiger charge is 2.33. The molecule has 0 unspecified atom stereocenters. The second-order valence-corrected chi connectivity index (χ2v) is 4.18. The molecule has 2 heterocycles. The molecular formula is C15H14N2. The van der Waals surface area contributed by atoms with Crippen LogP contribution in [0.3, 0.4) is 0 Å². The Labute approximate surface area is 101 Å². The van der Waals surface area contributed by atoms with Gasteiger partial charge in [0.05, 0.1) is 6.04 Å². The van der Waals surface area contributed by atoms with Gasteiger partial charge in [0.15, 0.2) is 0 Å². The number of rotatable bonds is 2. The van der Waals surface area contributed by atoms with Crippen molar-refractivity contribution in [3.8, 4) is 0 Å². The summed E-state index contributed by atoms with van der Waals surface area (Å²) in [6.07, 6.45) is 10.1. The first kappa shape index (κ1) is 10.1. The van der Waals surface area contributed by atoms with Crippen LogP contribution >= 0.6 is 0 Å². The molecule has 2 atom stereocenters. The van der Waals surface area contributed by atoms with Crippen LogP contribution in [0.2, 0.25) is 0 Å². The average Bonchev–Trinajstić information content (AvgIpc) is 2.78. The predicted octanol–water partition coefficient (Wildman–Crippen LogP) is 3.08. The molecule has 0 bridgehead atoms. The largest absolute Gasteiger partial charge is 0.324 e. The SMILES string of the molecule is C=C[C@@H]1[C@H](c2ccccc2)N=C2C=CC=CN21. The van der Waals surface area contributed by atoms with Crippen molar-refractivity contribution >= 4 is 5.84 Å². The van der Waals surface area contributed by atoms with E-state index in [-0.39, 0.29) is 12.1 Å². The fourth-order valence-electron chi connectivity index (χ4n) is 2.34. The topological polar surface area (TPSA) is 15.6 Å². The van der Waals surface area contributed by atoms with Crippen molar-refractivity contribution in [3.05, 3.63) is 73.0 Å². The quantitative estimate of drug-likeness (QED) is 0.702. The van der Waals surface area contributed by atoms with Crippen molar-refractivity contribution in [1.82, 2.24) is 4.90 Å². The number of amidine groups is 1. The Morgan fingerprint density at radius 3 is 2.76 bits per heavy atom. The van der Waals surface area contributed by atoms with E-state index in [1.807, 2.05) is 30.4 Å². The monoisotopic (exact) mass is 222 g/mol. The molecule has 0 fully saturated rings. The maximum Gasteiger partial charge on any atom is 0.128 e. The summed E-state index contributed by atoms with van der Waals surface area (Å²) >= 11 is 0. The van der Waals surface area contributed by atoms with Crippen LogP contribution in [0.25, 0.3) is 0 Å². The van der Waals surface area contributed by atoms with E-state index >= 15 is 0 Å². The van der Waals surface area contributed by atoms with Crippen LogP contribution < -0.4 is 0 Å². The van der Waals surface area contributed by atoms with Gasteiger partial charge in [-0.1, -0.05) is 42.5 Å². The third-order valence-corrected chi connectivity index (χ3v) is 3.17. The zero-order valence-electron chi connectivity index (χ0n) is 9.53. The number of fused-ring (bicyclic) bond motifs is 1. The van der Waals surface area contributed by atoms with Gasteiger partial charge in [0.25, 0.3) is 0 Å². The third kappa shape index (κ3) is 1.62.